The van der Waals surface area contributed by atoms with Crippen LogP contribution in [0.15, 0.2) is 0 Å². The molecule has 0 radical (unpaired) electrons. The van der Waals surface area contributed by atoms with Crippen molar-refractivity contribution in [2.45, 2.75) is 185 Å². The second-order valence-electron chi connectivity index (χ2n) is 22.3. The van der Waals surface area contributed by atoms with Crippen molar-refractivity contribution in [3.63, 3.8) is 0 Å². The van der Waals surface area contributed by atoms with E-state index in [-0.39, 0.29) is 7.43 Å². The summed E-state index contributed by atoms with van der Waals surface area (Å²) < 4.78 is 0. The summed E-state index contributed by atoms with van der Waals surface area (Å²) in [6.07, 6.45) is 27.5. The lowest BCUT2D eigenvalue weighted by Gasteiger charge is -2.68. The van der Waals surface area contributed by atoms with Crippen molar-refractivity contribution in [2.75, 3.05) is 0 Å². The van der Waals surface area contributed by atoms with E-state index in [9.17, 15) is 0 Å². The smallest absolute Gasteiger partial charge is 0.0310 e. The second kappa shape index (κ2) is 8.58. The Balaban J connectivity index is 0.000000107. The van der Waals surface area contributed by atoms with Crippen LogP contribution in [0.4, 0.5) is 0 Å². The van der Waals surface area contributed by atoms with Crippen molar-refractivity contribution in [2.24, 2.45) is 66.5 Å². The third kappa shape index (κ3) is 5.31. The average molecular weight is 551 g/mol. The minimum Gasteiger partial charge on any atom is -0.0776 e. The molecule has 0 nitrogen and oxygen atoms in total. The van der Waals surface area contributed by atoms with Crippen LogP contribution in [0, 0.1) is 66.5 Å². The Morgan fingerprint density at radius 1 is 0.275 bits per heavy atom. The van der Waals surface area contributed by atoms with Gasteiger partial charge in [0.1, 0.15) is 0 Å². The van der Waals surface area contributed by atoms with E-state index < -0.39 is 0 Å². The van der Waals surface area contributed by atoms with Crippen molar-refractivity contribution in [1.82, 2.24) is 0 Å². The molecule has 12 fully saturated rings. The van der Waals surface area contributed by atoms with Crippen LogP contribution in [0.5, 0.6) is 0 Å². The van der Waals surface area contributed by atoms with Gasteiger partial charge in [-0.05, 0) is 182 Å². The van der Waals surface area contributed by atoms with E-state index in [4.69, 9.17) is 0 Å². The fourth-order valence-electron chi connectivity index (χ4n) is 18.2. The first-order chi connectivity index (χ1) is 17.7. The average Bonchev–Trinajstić information content (AvgIpc) is 2.56. The van der Waals surface area contributed by atoms with Gasteiger partial charge in [0.05, 0.1) is 0 Å². The van der Waals surface area contributed by atoms with Crippen LogP contribution in [0.25, 0.3) is 0 Å². The Labute approximate surface area is 251 Å². The van der Waals surface area contributed by atoms with E-state index in [1.165, 1.54) is 83.5 Å². The number of rotatable bonds is 0. The molecule has 0 unspecified atom stereocenters. The van der Waals surface area contributed by atoms with Gasteiger partial charge in [-0.1, -0.05) is 69.7 Å². The van der Waals surface area contributed by atoms with Gasteiger partial charge in [-0.3, -0.25) is 0 Å². The zero-order valence-corrected chi connectivity index (χ0v) is 28.0. The topological polar surface area (TPSA) is 0 Å². The lowest BCUT2D eigenvalue weighted by molar-refractivity contribution is -0.176. The van der Waals surface area contributed by atoms with Gasteiger partial charge in [0.25, 0.3) is 0 Å². The van der Waals surface area contributed by atoms with E-state index in [0.29, 0.717) is 21.7 Å². The van der Waals surface area contributed by atoms with Crippen LogP contribution in [-0.4, -0.2) is 0 Å². The van der Waals surface area contributed by atoms with Crippen LogP contribution in [-0.2, 0) is 0 Å². The van der Waals surface area contributed by atoms with E-state index in [2.05, 4.69) is 62.3 Å². The summed E-state index contributed by atoms with van der Waals surface area (Å²) in [6, 6.07) is 0. The van der Waals surface area contributed by atoms with Gasteiger partial charge in [0.2, 0.25) is 0 Å². The SMILES string of the molecule is C.CC12CC3(C)CC(C)(C1)CC(C)(C2)C3.CC12CC3CC(C)(C1)CC(C)(C3)C2.CC12CC3CC(C1)CC(C)(C3)C2. The Hall–Kier alpha value is 0. The molecular formula is C40H70. The van der Waals surface area contributed by atoms with E-state index in [1.54, 1.807) is 32.1 Å². The maximum atomic E-state index is 2.55. The maximum absolute atomic E-state index is 2.55. The first kappa shape index (κ1) is 30.0. The third-order valence-corrected chi connectivity index (χ3v) is 14.7. The summed E-state index contributed by atoms with van der Waals surface area (Å²) in [5.41, 5.74) is 6.45. The van der Waals surface area contributed by atoms with E-state index in [1.807, 2.05) is 0 Å². The van der Waals surface area contributed by atoms with Crippen molar-refractivity contribution >= 4 is 0 Å². The maximum Gasteiger partial charge on any atom is -0.0310 e. The Morgan fingerprint density at radius 3 is 0.700 bits per heavy atom. The molecule has 0 saturated heterocycles. The highest BCUT2D eigenvalue weighted by Crippen LogP contribution is 2.73. The van der Waals surface area contributed by atoms with Crippen LogP contribution in [0.1, 0.15) is 185 Å². The molecular weight excluding hydrogens is 480 g/mol. The molecule has 12 bridgehead atoms. The highest BCUT2D eigenvalue weighted by Gasteiger charge is 2.62. The zero-order valence-electron chi connectivity index (χ0n) is 28.0. The van der Waals surface area contributed by atoms with Crippen molar-refractivity contribution in [3.8, 4) is 0 Å². The van der Waals surface area contributed by atoms with Crippen LogP contribution in [0.2, 0.25) is 0 Å². The molecule has 0 atom stereocenters. The lowest BCUT2D eigenvalue weighted by atomic mass is 9.37. The van der Waals surface area contributed by atoms with Crippen molar-refractivity contribution in [3.05, 3.63) is 0 Å². The molecule has 0 N–H and O–H groups in total. The largest absolute Gasteiger partial charge is 0.0776 e. The standard InChI is InChI=1S/C14H24.C13H22.C12H20.CH4/c1-11-5-12(2)8-13(3,6-11)10-14(4,7-11)9-12;1-11-4-10-5-12(2,7-11)9-13(3,6-10)8-11;1-11-4-9-3-10(5-11)7-12(2,6-9)8-11;/h5-10H2,1-4H3;10H,4-9H2,1-3H3;9-10H,3-8H2,1-2H3;1H4. The first-order valence-electron chi connectivity index (χ1n) is 17.7. The quantitative estimate of drug-likeness (QED) is 0.281. The predicted molar refractivity (Wildman–Crippen MR) is 173 cm³/mol. The molecule has 0 aliphatic heterocycles. The summed E-state index contributed by atoms with van der Waals surface area (Å²) in [5.74, 6) is 3.30. The molecule has 12 rings (SSSR count). The molecule has 0 aromatic rings. The molecule has 12 aliphatic carbocycles. The molecule has 0 spiro atoms. The molecule has 40 heavy (non-hydrogen) atoms. The summed E-state index contributed by atoms with van der Waals surface area (Å²) in [7, 11) is 0. The monoisotopic (exact) mass is 551 g/mol. The minimum absolute atomic E-state index is 0. The van der Waals surface area contributed by atoms with Gasteiger partial charge < -0.3 is 0 Å². The third-order valence-electron chi connectivity index (χ3n) is 14.7. The Bertz CT molecular complexity index is 833. The second-order valence-corrected chi connectivity index (χ2v) is 22.3. The number of hydrogen-bond donors (Lipinski definition) is 0. The summed E-state index contributed by atoms with van der Waals surface area (Å²) in [6.45, 7) is 23.0. The molecule has 0 aromatic carbocycles. The molecule has 12 saturated carbocycles. The summed E-state index contributed by atoms with van der Waals surface area (Å²) in [5, 5.41) is 0. The lowest BCUT2D eigenvalue weighted by Crippen LogP contribution is -2.57. The molecule has 12 aliphatic rings. The highest BCUT2D eigenvalue weighted by molar-refractivity contribution is 5.13. The van der Waals surface area contributed by atoms with Gasteiger partial charge in [0, 0.05) is 0 Å². The first-order valence-corrected chi connectivity index (χ1v) is 17.7. The van der Waals surface area contributed by atoms with Gasteiger partial charge in [-0.2, -0.15) is 0 Å². The number of hydrogen-bond acceptors (Lipinski definition) is 0. The van der Waals surface area contributed by atoms with Crippen molar-refractivity contribution in [1.29, 1.82) is 0 Å². The Morgan fingerprint density at radius 2 is 0.475 bits per heavy atom. The van der Waals surface area contributed by atoms with Crippen LogP contribution in [0.3, 0.4) is 0 Å². The van der Waals surface area contributed by atoms with E-state index >= 15 is 0 Å². The highest BCUT2D eigenvalue weighted by atomic mass is 14.7. The molecule has 0 heteroatoms. The van der Waals surface area contributed by atoms with Gasteiger partial charge in [0.15, 0.2) is 0 Å². The normalized spacial score (nSPS) is 62.8. The minimum atomic E-state index is 0. The van der Waals surface area contributed by atoms with Gasteiger partial charge in [-0.25, -0.2) is 0 Å². The molecule has 0 heterocycles. The summed E-state index contributed by atoms with van der Waals surface area (Å²) in [4.78, 5) is 0. The Kier molecular flexibility index (Phi) is 6.45. The van der Waals surface area contributed by atoms with Crippen LogP contribution < -0.4 is 0 Å². The fourth-order valence-corrected chi connectivity index (χ4v) is 18.2. The van der Waals surface area contributed by atoms with Crippen LogP contribution >= 0.6 is 0 Å². The summed E-state index contributed by atoms with van der Waals surface area (Å²) >= 11 is 0. The predicted octanol–water partition coefficient (Wildman–Crippen LogP) is 12.6. The fraction of sp³-hybridized carbons (Fsp3) is 1.00. The van der Waals surface area contributed by atoms with Gasteiger partial charge >= 0.3 is 0 Å². The molecule has 0 aromatic heterocycles. The molecule has 0 amide bonds. The molecule has 230 valence electrons. The van der Waals surface area contributed by atoms with Gasteiger partial charge in [-0.15, -0.1) is 0 Å². The van der Waals surface area contributed by atoms with E-state index in [0.717, 1.165) is 44.8 Å². The van der Waals surface area contributed by atoms with Crippen molar-refractivity contribution < 1.29 is 0 Å². The zero-order chi connectivity index (χ0) is 28.0.